The molecule has 1 heterocycles. The Bertz CT molecular complexity index is 434. The monoisotopic (exact) mass is 288 g/mol. The summed E-state index contributed by atoms with van der Waals surface area (Å²) in [5, 5.41) is 8.19. The molecule has 0 spiro atoms. The number of nitrogens with zero attached hydrogens (tertiary/aromatic N) is 1. The molecule has 0 aliphatic heterocycles. The highest BCUT2D eigenvalue weighted by molar-refractivity contribution is 9.11. The molecular formula is C8H6Br2N2. The van der Waals surface area contributed by atoms with Crippen molar-refractivity contribution in [3.05, 3.63) is 26.8 Å². The maximum Gasteiger partial charge on any atom is 0.108 e. The summed E-state index contributed by atoms with van der Waals surface area (Å²) >= 11 is 6.85. The molecule has 0 bridgehead atoms. The van der Waals surface area contributed by atoms with Crippen molar-refractivity contribution in [2.45, 2.75) is 6.92 Å². The van der Waals surface area contributed by atoms with Gasteiger partial charge in [-0.1, -0.05) is 15.9 Å². The molecule has 0 amide bonds. The van der Waals surface area contributed by atoms with Gasteiger partial charge in [0, 0.05) is 9.86 Å². The van der Waals surface area contributed by atoms with Crippen molar-refractivity contribution in [1.82, 2.24) is 10.2 Å². The predicted molar refractivity (Wildman–Crippen MR) is 56.2 cm³/mol. The molecule has 0 atom stereocenters. The molecule has 62 valence electrons. The second kappa shape index (κ2) is 2.85. The first-order valence-electron chi connectivity index (χ1n) is 3.49. The summed E-state index contributed by atoms with van der Waals surface area (Å²) in [6.07, 6.45) is 0. The van der Waals surface area contributed by atoms with E-state index < -0.39 is 0 Å². The van der Waals surface area contributed by atoms with Crippen molar-refractivity contribution in [1.29, 1.82) is 0 Å². The van der Waals surface area contributed by atoms with Crippen LogP contribution in [0.3, 0.4) is 0 Å². The Balaban J connectivity index is 2.93. The van der Waals surface area contributed by atoms with Gasteiger partial charge in [0.1, 0.15) is 4.60 Å². The molecule has 0 aliphatic carbocycles. The summed E-state index contributed by atoms with van der Waals surface area (Å²) in [6.45, 7) is 2.04. The van der Waals surface area contributed by atoms with Crippen LogP contribution >= 0.6 is 31.9 Å². The van der Waals surface area contributed by atoms with Crippen LogP contribution in [0.4, 0.5) is 0 Å². The lowest BCUT2D eigenvalue weighted by atomic mass is 10.2. The molecule has 1 aromatic heterocycles. The fraction of sp³-hybridized carbons (Fsp3) is 0.125. The molecule has 0 aliphatic rings. The topological polar surface area (TPSA) is 28.7 Å². The second-order valence-electron chi connectivity index (χ2n) is 2.61. The fourth-order valence-electron chi connectivity index (χ4n) is 1.16. The first kappa shape index (κ1) is 8.26. The van der Waals surface area contributed by atoms with Gasteiger partial charge in [-0.05, 0) is 40.5 Å². The van der Waals surface area contributed by atoms with E-state index in [1.165, 1.54) is 0 Å². The lowest BCUT2D eigenvalue weighted by Gasteiger charge is -1.96. The van der Waals surface area contributed by atoms with Crippen molar-refractivity contribution >= 4 is 42.8 Å². The van der Waals surface area contributed by atoms with E-state index in [1.54, 1.807) is 0 Å². The van der Waals surface area contributed by atoms with E-state index in [2.05, 4.69) is 42.1 Å². The van der Waals surface area contributed by atoms with Gasteiger partial charge in [0.25, 0.3) is 0 Å². The molecular weight excluding hydrogens is 284 g/mol. The molecule has 1 N–H and O–H groups in total. The predicted octanol–water partition coefficient (Wildman–Crippen LogP) is 3.40. The molecule has 1 aromatic carbocycles. The number of hydrogen-bond donors (Lipinski definition) is 1. The Hall–Kier alpha value is -0.350. The van der Waals surface area contributed by atoms with Crippen LogP contribution in [0.15, 0.2) is 21.2 Å². The minimum atomic E-state index is 0.938. The molecule has 0 unspecified atom stereocenters. The number of benzene rings is 1. The Morgan fingerprint density at radius 1 is 1.33 bits per heavy atom. The number of fused-ring (bicyclic) bond motifs is 1. The van der Waals surface area contributed by atoms with E-state index in [4.69, 9.17) is 0 Å². The highest BCUT2D eigenvalue weighted by Gasteiger charge is 2.06. The van der Waals surface area contributed by atoms with Gasteiger partial charge in [0.15, 0.2) is 0 Å². The quantitative estimate of drug-likeness (QED) is 0.791. The van der Waals surface area contributed by atoms with Crippen LogP contribution in [0.2, 0.25) is 0 Å². The van der Waals surface area contributed by atoms with Crippen LogP contribution in [-0.2, 0) is 0 Å². The SMILES string of the molecule is Cc1c(Br)ccc2c(Br)[nH]nc12. The van der Waals surface area contributed by atoms with E-state index in [1.807, 2.05) is 19.1 Å². The third-order valence-electron chi connectivity index (χ3n) is 1.87. The number of halogens is 2. The van der Waals surface area contributed by atoms with Gasteiger partial charge in [0.05, 0.1) is 5.52 Å². The molecule has 0 fully saturated rings. The number of hydrogen-bond acceptors (Lipinski definition) is 1. The fourth-order valence-corrected chi connectivity index (χ4v) is 1.89. The number of aromatic amines is 1. The summed E-state index contributed by atoms with van der Waals surface area (Å²) in [6, 6.07) is 4.05. The molecule has 2 aromatic rings. The van der Waals surface area contributed by atoms with Crippen LogP contribution in [0.1, 0.15) is 5.56 Å². The van der Waals surface area contributed by atoms with Crippen LogP contribution < -0.4 is 0 Å². The molecule has 12 heavy (non-hydrogen) atoms. The van der Waals surface area contributed by atoms with Crippen molar-refractivity contribution in [2.24, 2.45) is 0 Å². The number of aromatic nitrogens is 2. The highest BCUT2D eigenvalue weighted by atomic mass is 79.9. The average molecular weight is 290 g/mol. The zero-order valence-corrected chi connectivity index (χ0v) is 9.53. The molecule has 2 rings (SSSR count). The van der Waals surface area contributed by atoms with Gasteiger partial charge >= 0.3 is 0 Å². The van der Waals surface area contributed by atoms with Gasteiger partial charge < -0.3 is 0 Å². The standard InChI is InChI=1S/C8H6Br2N2/c1-4-6(9)3-2-5-7(4)11-12-8(5)10/h2-3H,1H3,(H,11,12). The third-order valence-corrected chi connectivity index (χ3v) is 3.33. The van der Waals surface area contributed by atoms with Crippen LogP contribution in [0.25, 0.3) is 10.9 Å². The Morgan fingerprint density at radius 2 is 2.08 bits per heavy atom. The largest absolute Gasteiger partial charge is 0.270 e. The summed E-state index contributed by atoms with van der Waals surface area (Å²) in [5.41, 5.74) is 2.17. The van der Waals surface area contributed by atoms with Gasteiger partial charge in [-0.15, -0.1) is 0 Å². The van der Waals surface area contributed by atoms with Crippen LogP contribution in [0.5, 0.6) is 0 Å². The maximum absolute atomic E-state index is 4.18. The van der Waals surface area contributed by atoms with E-state index in [9.17, 15) is 0 Å². The first-order valence-corrected chi connectivity index (χ1v) is 5.07. The van der Waals surface area contributed by atoms with E-state index in [0.717, 1.165) is 25.5 Å². The van der Waals surface area contributed by atoms with E-state index >= 15 is 0 Å². The lowest BCUT2D eigenvalue weighted by Crippen LogP contribution is -1.77. The van der Waals surface area contributed by atoms with Gasteiger partial charge in [-0.3, -0.25) is 5.10 Å². The lowest BCUT2D eigenvalue weighted by molar-refractivity contribution is 1.09. The van der Waals surface area contributed by atoms with Crippen LogP contribution in [-0.4, -0.2) is 10.2 Å². The molecule has 2 nitrogen and oxygen atoms in total. The number of nitrogens with one attached hydrogen (secondary N) is 1. The summed E-state index contributed by atoms with van der Waals surface area (Å²) in [7, 11) is 0. The Morgan fingerprint density at radius 3 is 2.83 bits per heavy atom. The van der Waals surface area contributed by atoms with E-state index in [0.29, 0.717) is 0 Å². The number of rotatable bonds is 0. The van der Waals surface area contributed by atoms with Crippen LogP contribution in [0, 0.1) is 6.92 Å². The first-order chi connectivity index (χ1) is 5.70. The smallest absolute Gasteiger partial charge is 0.108 e. The van der Waals surface area contributed by atoms with Crippen molar-refractivity contribution in [3.8, 4) is 0 Å². The van der Waals surface area contributed by atoms with Crippen molar-refractivity contribution in [2.75, 3.05) is 0 Å². The van der Waals surface area contributed by atoms with Gasteiger partial charge in [-0.25, -0.2) is 0 Å². The Labute approximate surface area is 86.6 Å². The Kier molecular flexibility index (Phi) is 1.96. The normalized spacial score (nSPS) is 10.9. The number of aryl methyl sites for hydroxylation is 1. The minimum absolute atomic E-state index is 0.938. The van der Waals surface area contributed by atoms with E-state index in [-0.39, 0.29) is 0 Å². The number of H-pyrrole nitrogens is 1. The second-order valence-corrected chi connectivity index (χ2v) is 4.25. The highest BCUT2D eigenvalue weighted by Crippen LogP contribution is 2.28. The van der Waals surface area contributed by atoms with Crippen molar-refractivity contribution < 1.29 is 0 Å². The van der Waals surface area contributed by atoms with Gasteiger partial charge in [0.2, 0.25) is 0 Å². The third kappa shape index (κ3) is 1.10. The molecule has 0 saturated heterocycles. The zero-order chi connectivity index (χ0) is 8.72. The maximum atomic E-state index is 4.18. The van der Waals surface area contributed by atoms with Gasteiger partial charge in [-0.2, -0.15) is 5.10 Å². The van der Waals surface area contributed by atoms with Crippen molar-refractivity contribution in [3.63, 3.8) is 0 Å². The summed E-state index contributed by atoms with van der Waals surface area (Å²) in [4.78, 5) is 0. The molecule has 0 radical (unpaired) electrons. The minimum Gasteiger partial charge on any atom is -0.270 e. The molecule has 0 saturated carbocycles. The summed E-state index contributed by atoms with van der Waals surface area (Å²) in [5.74, 6) is 0. The summed E-state index contributed by atoms with van der Waals surface area (Å²) < 4.78 is 2.03. The zero-order valence-electron chi connectivity index (χ0n) is 6.36. The molecule has 4 heteroatoms. The average Bonchev–Trinajstić information content (AvgIpc) is 2.41.